The minimum Gasteiger partial charge on any atom is -0.489 e. The minimum absolute atomic E-state index is 0.0462. The van der Waals surface area contributed by atoms with Crippen molar-refractivity contribution in [3.8, 4) is 17.0 Å². The first-order valence-corrected chi connectivity index (χ1v) is 12.6. The van der Waals surface area contributed by atoms with E-state index in [0.29, 0.717) is 39.2 Å². The molecule has 3 aromatic rings. The normalized spacial score (nSPS) is 16.4. The Balaban J connectivity index is 0.00000109. The molecule has 9 heteroatoms. The third kappa shape index (κ3) is 6.80. The summed E-state index contributed by atoms with van der Waals surface area (Å²) in [6.45, 7) is 7.32. The van der Waals surface area contributed by atoms with Crippen LogP contribution in [0.25, 0.3) is 11.3 Å². The van der Waals surface area contributed by atoms with E-state index >= 15 is 0 Å². The molecule has 2 heterocycles. The van der Waals surface area contributed by atoms with E-state index in [1.807, 2.05) is 58.0 Å². The number of rotatable bonds is 8. The quantitative estimate of drug-likeness (QED) is 0.275. The Morgan fingerprint density at radius 1 is 1.11 bits per heavy atom. The number of alkyl halides is 2. The lowest BCUT2D eigenvalue weighted by Gasteiger charge is -2.21. The monoisotopic (exact) mass is 500 g/mol. The van der Waals surface area contributed by atoms with Crippen molar-refractivity contribution in [3.63, 3.8) is 0 Å². The fraction of sp³-hybridized carbons (Fsp3) is 0.444. The van der Waals surface area contributed by atoms with Gasteiger partial charge in [0.2, 0.25) is 0 Å². The van der Waals surface area contributed by atoms with E-state index in [2.05, 4.69) is 27.6 Å². The van der Waals surface area contributed by atoms with Crippen LogP contribution in [0.2, 0.25) is 0 Å². The second-order valence-electron chi connectivity index (χ2n) is 7.85. The van der Waals surface area contributed by atoms with Gasteiger partial charge in [-0.1, -0.05) is 65.0 Å². The molecule has 4 rings (SSSR count). The van der Waals surface area contributed by atoms with Crippen LogP contribution in [-0.4, -0.2) is 34.1 Å². The van der Waals surface area contributed by atoms with Crippen LogP contribution in [0.5, 0.6) is 5.75 Å². The van der Waals surface area contributed by atoms with E-state index in [-0.39, 0.29) is 11.9 Å². The smallest absolute Gasteiger partial charge is 0.335 e. The number of hydrogen-bond donors (Lipinski definition) is 3. The van der Waals surface area contributed by atoms with E-state index in [1.54, 1.807) is 19.2 Å². The second-order valence-corrected chi connectivity index (χ2v) is 7.85. The Kier molecular flexibility index (Phi) is 11.3. The maximum absolute atomic E-state index is 13.7. The highest BCUT2D eigenvalue weighted by atomic mass is 19.3. The predicted molar refractivity (Wildman–Crippen MR) is 144 cm³/mol. The Hall–Kier alpha value is -3.49. The molecule has 0 radical (unpaired) electrons. The van der Waals surface area contributed by atoms with Gasteiger partial charge in [0.25, 0.3) is 0 Å². The number of aromatic nitrogens is 3. The second kappa shape index (κ2) is 14.2. The number of benzene rings is 1. The molecule has 0 saturated heterocycles. The number of hydrogen-bond acceptors (Lipinski definition) is 6. The molecule has 0 amide bonds. The van der Waals surface area contributed by atoms with Crippen molar-refractivity contribution in [2.45, 2.75) is 66.5 Å². The van der Waals surface area contributed by atoms with Crippen LogP contribution in [0.3, 0.4) is 0 Å². The number of ether oxygens (including phenoxy) is 1. The van der Waals surface area contributed by atoms with Crippen LogP contribution < -0.4 is 15.4 Å². The first-order chi connectivity index (χ1) is 17.5. The van der Waals surface area contributed by atoms with E-state index < -0.39 is 6.55 Å². The zero-order chi connectivity index (χ0) is 26.7. The van der Waals surface area contributed by atoms with Gasteiger partial charge in [-0.25, -0.2) is 4.98 Å². The molecule has 0 aliphatic heterocycles. The van der Waals surface area contributed by atoms with Crippen LogP contribution in [0, 0.1) is 11.3 Å². The van der Waals surface area contributed by atoms with Crippen molar-refractivity contribution in [1.82, 2.24) is 14.8 Å². The van der Waals surface area contributed by atoms with Crippen molar-refractivity contribution >= 4 is 23.7 Å². The lowest BCUT2D eigenvalue weighted by Crippen LogP contribution is -2.20. The molecular formula is C27H38F2N6O. The van der Waals surface area contributed by atoms with Crippen LogP contribution in [-0.2, 0) is 0 Å². The summed E-state index contributed by atoms with van der Waals surface area (Å²) in [7, 11) is 1.69. The lowest BCUT2D eigenvalue weighted by molar-refractivity contribution is 0.0593. The molecule has 1 aromatic carbocycles. The lowest BCUT2D eigenvalue weighted by atomic mass is 10.1. The Labute approximate surface area is 212 Å². The molecule has 1 aliphatic carbocycles. The van der Waals surface area contributed by atoms with Crippen molar-refractivity contribution in [2.24, 2.45) is 5.92 Å². The number of nitrogens with zero attached hydrogens (tertiary/aromatic N) is 3. The SMILES string of the molecule is CC.CC.CNc1nc(Nc2cc(-c3ccccc3)nn2C(F)F)cc(OC2CCCC2C)c1C=N. The van der Waals surface area contributed by atoms with Crippen molar-refractivity contribution in [3.05, 3.63) is 48.0 Å². The van der Waals surface area contributed by atoms with E-state index in [1.165, 1.54) is 6.21 Å². The molecule has 3 N–H and O–H groups in total. The molecule has 0 bridgehead atoms. The van der Waals surface area contributed by atoms with Crippen LogP contribution in [0.15, 0.2) is 42.5 Å². The summed E-state index contributed by atoms with van der Waals surface area (Å²) in [5.41, 5.74) is 1.68. The summed E-state index contributed by atoms with van der Waals surface area (Å²) >= 11 is 0. The third-order valence-electron chi connectivity index (χ3n) is 5.71. The molecule has 7 nitrogen and oxygen atoms in total. The average Bonchev–Trinajstić information content (AvgIpc) is 3.52. The van der Waals surface area contributed by atoms with Gasteiger partial charge in [-0.05, 0) is 25.2 Å². The minimum atomic E-state index is -2.82. The maximum Gasteiger partial charge on any atom is 0.335 e. The largest absolute Gasteiger partial charge is 0.489 e. The van der Waals surface area contributed by atoms with Crippen LogP contribution in [0.4, 0.5) is 26.2 Å². The highest BCUT2D eigenvalue weighted by Gasteiger charge is 2.27. The molecule has 2 unspecified atom stereocenters. The Morgan fingerprint density at radius 2 is 1.81 bits per heavy atom. The van der Waals surface area contributed by atoms with Gasteiger partial charge in [0, 0.05) is 31.0 Å². The predicted octanol–water partition coefficient (Wildman–Crippen LogP) is 7.74. The average molecular weight is 501 g/mol. The summed E-state index contributed by atoms with van der Waals surface area (Å²) < 4.78 is 34.3. The van der Waals surface area contributed by atoms with Crippen LogP contribution in [0.1, 0.15) is 66.0 Å². The van der Waals surface area contributed by atoms with Gasteiger partial charge in [-0.2, -0.15) is 18.6 Å². The molecule has 196 valence electrons. The topological polar surface area (TPSA) is 87.8 Å². The summed E-state index contributed by atoms with van der Waals surface area (Å²) in [6.07, 6.45) is 4.36. The molecule has 2 aromatic heterocycles. The molecule has 0 spiro atoms. The van der Waals surface area contributed by atoms with Crippen molar-refractivity contribution in [2.75, 3.05) is 17.7 Å². The van der Waals surface area contributed by atoms with Gasteiger partial charge in [0.15, 0.2) is 0 Å². The van der Waals surface area contributed by atoms with Gasteiger partial charge >= 0.3 is 6.55 Å². The summed E-state index contributed by atoms with van der Waals surface area (Å²) in [5, 5.41) is 17.8. The van der Waals surface area contributed by atoms with E-state index in [4.69, 9.17) is 10.1 Å². The first kappa shape index (κ1) is 28.7. The summed E-state index contributed by atoms with van der Waals surface area (Å²) in [5.74, 6) is 1.76. The van der Waals surface area contributed by atoms with Gasteiger partial charge in [-0.3, -0.25) is 0 Å². The number of halogens is 2. The molecule has 1 aliphatic rings. The van der Waals surface area contributed by atoms with E-state index in [0.717, 1.165) is 24.8 Å². The number of pyridine rings is 1. The highest BCUT2D eigenvalue weighted by molar-refractivity contribution is 5.89. The zero-order valence-corrected chi connectivity index (χ0v) is 22.0. The summed E-state index contributed by atoms with van der Waals surface area (Å²) in [6, 6.07) is 12.3. The molecule has 1 fully saturated rings. The fourth-order valence-electron chi connectivity index (χ4n) is 3.99. The Bertz CT molecular complexity index is 1090. The molecule has 1 saturated carbocycles. The number of anilines is 3. The van der Waals surface area contributed by atoms with E-state index in [9.17, 15) is 8.78 Å². The number of nitrogens with one attached hydrogen (secondary N) is 3. The highest BCUT2D eigenvalue weighted by Crippen LogP contribution is 2.35. The molecule has 36 heavy (non-hydrogen) atoms. The van der Waals surface area contributed by atoms with Crippen LogP contribution >= 0.6 is 0 Å². The van der Waals surface area contributed by atoms with Gasteiger partial charge in [0.05, 0.1) is 11.3 Å². The van der Waals surface area contributed by atoms with Gasteiger partial charge in [-0.15, -0.1) is 0 Å². The zero-order valence-electron chi connectivity index (χ0n) is 22.0. The third-order valence-corrected chi connectivity index (χ3v) is 5.71. The fourth-order valence-corrected chi connectivity index (χ4v) is 3.99. The van der Waals surface area contributed by atoms with Crippen molar-refractivity contribution in [1.29, 1.82) is 5.41 Å². The Morgan fingerprint density at radius 3 is 2.36 bits per heavy atom. The summed E-state index contributed by atoms with van der Waals surface area (Å²) in [4.78, 5) is 4.45. The van der Waals surface area contributed by atoms with Crippen molar-refractivity contribution < 1.29 is 13.5 Å². The standard InChI is InChI=1S/C23H26F2N6O.2C2H6/c1-14-7-6-10-18(14)32-19-12-20(29-22(27-2)16(19)13-26)28-21-11-17(30-31(21)23(24)25)15-8-4-3-5-9-15;2*1-2/h3-5,8-9,11-14,18,23,26H,6-7,10H2,1-2H3,(H2,27,28,29);2*1-2H3. The van der Waals surface area contributed by atoms with Gasteiger partial charge in [0.1, 0.15) is 29.3 Å². The molecule has 2 atom stereocenters. The van der Waals surface area contributed by atoms with Gasteiger partial charge < -0.3 is 20.8 Å². The maximum atomic E-state index is 13.7. The molecular weight excluding hydrogens is 462 g/mol. The first-order valence-electron chi connectivity index (χ1n) is 12.6.